The van der Waals surface area contributed by atoms with Crippen LogP contribution < -0.4 is 4.74 Å². The Morgan fingerprint density at radius 1 is 1.00 bits per heavy atom. The molecule has 0 saturated heterocycles. The van der Waals surface area contributed by atoms with Crippen molar-refractivity contribution in [2.45, 2.75) is 32.0 Å². The quantitative estimate of drug-likeness (QED) is 0.853. The summed E-state index contributed by atoms with van der Waals surface area (Å²) in [6.45, 7) is 1.84. The van der Waals surface area contributed by atoms with Crippen molar-refractivity contribution in [2.24, 2.45) is 11.8 Å². The van der Waals surface area contributed by atoms with Gasteiger partial charge < -0.3 is 14.6 Å². The number of phenols is 1. The number of ketones is 3. The van der Waals surface area contributed by atoms with Crippen molar-refractivity contribution in [3.63, 3.8) is 0 Å². The Bertz CT molecular complexity index is 977. The molecule has 2 aromatic rings. The van der Waals surface area contributed by atoms with Gasteiger partial charge in [0.2, 0.25) is 0 Å². The number of carbonyl (C=O) groups excluding carboxylic acids is 3. The van der Waals surface area contributed by atoms with Crippen molar-refractivity contribution in [2.75, 3.05) is 7.11 Å². The van der Waals surface area contributed by atoms with Gasteiger partial charge in [0.05, 0.1) is 30.8 Å². The van der Waals surface area contributed by atoms with Crippen LogP contribution in [0.4, 0.5) is 0 Å². The molecule has 4 atom stereocenters. The van der Waals surface area contributed by atoms with Crippen molar-refractivity contribution in [1.29, 1.82) is 0 Å². The van der Waals surface area contributed by atoms with Gasteiger partial charge in [0.15, 0.2) is 11.6 Å². The molecule has 0 amide bonds. The fourth-order valence-electron chi connectivity index (χ4n) is 4.39. The maximum atomic E-state index is 13.2. The van der Waals surface area contributed by atoms with Crippen LogP contribution >= 0.6 is 0 Å². The van der Waals surface area contributed by atoms with E-state index in [1.165, 1.54) is 18.2 Å². The summed E-state index contributed by atoms with van der Waals surface area (Å²) in [5.74, 6) is -1.72. The second-order valence-corrected chi connectivity index (χ2v) is 7.60. The number of hydrogen-bond donors (Lipinski definition) is 1. The fourth-order valence-corrected chi connectivity index (χ4v) is 4.39. The van der Waals surface area contributed by atoms with Crippen molar-refractivity contribution in [1.82, 2.24) is 0 Å². The van der Waals surface area contributed by atoms with Gasteiger partial charge in [-0.25, -0.2) is 0 Å². The number of rotatable bonds is 4. The Labute approximate surface area is 168 Å². The fraction of sp³-hybridized carbons (Fsp3) is 0.348. The molecule has 1 fully saturated rings. The lowest BCUT2D eigenvalue weighted by Gasteiger charge is -2.40. The number of hydrogen-bond acceptors (Lipinski definition) is 6. The lowest BCUT2D eigenvalue weighted by atomic mass is 9.65. The van der Waals surface area contributed by atoms with E-state index in [0.717, 1.165) is 5.56 Å². The molecule has 2 aliphatic carbocycles. The van der Waals surface area contributed by atoms with Crippen LogP contribution in [0.1, 0.15) is 52.1 Å². The molecule has 29 heavy (non-hydrogen) atoms. The van der Waals surface area contributed by atoms with Crippen LogP contribution in [0, 0.1) is 11.8 Å². The van der Waals surface area contributed by atoms with E-state index < -0.39 is 17.9 Å². The number of ether oxygens (including phenoxy) is 2. The predicted molar refractivity (Wildman–Crippen MR) is 104 cm³/mol. The van der Waals surface area contributed by atoms with Crippen LogP contribution in [0.3, 0.4) is 0 Å². The molecule has 0 heterocycles. The Morgan fingerprint density at radius 2 is 1.72 bits per heavy atom. The third-order valence-corrected chi connectivity index (χ3v) is 5.87. The third kappa shape index (κ3) is 3.34. The first-order valence-electron chi connectivity index (χ1n) is 9.62. The minimum atomic E-state index is -0.776. The van der Waals surface area contributed by atoms with Gasteiger partial charge in [-0.3, -0.25) is 14.4 Å². The van der Waals surface area contributed by atoms with E-state index in [1.54, 1.807) is 7.11 Å². The number of benzene rings is 2. The SMILES string of the molecule is COc1ccc([C@H](C)O[C@H]2CC(=O)C[C@H]3C(=O)c4cccc(O)c4C(=O)[C@H]23)cc1. The molecule has 0 radical (unpaired) electrons. The van der Waals surface area contributed by atoms with E-state index in [1.807, 2.05) is 31.2 Å². The molecule has 150 valence electrons. The summed E-state index contributed by atoms with van der Waals surface area (Å²) >= 11 is 0. The summed E-state index contributed by atoms with van der Waals surface area (Å²) < 4.78 is 11.3. The van der Waals surface area contributed by atoms with Gasteiger partial charge in [-0.2, -0.15) is 0 Å². The van der Waals surface area contributed by atoms with Crippen LogP contribution in [-0.4, -0.2) is 35.7 Å². The summed E-state index contributed by atoms with van der Waals surface area (Å²) in [4.78, 5) is 38.5. The van der Waals surface area contributed by atoms with E-state index in [-0.39, 0.29) is 53.2 Å². The average molecular weight is 394 g/mol. The van der Waals surface area contributed by atoms with Crippen LogP contribution in [0.5, 0.6) is 11.5 Å². The Morgan fingerprint density at radius 3 is 2.41 bits per heavy atom. The highest BCUT2D eigenvalue weighted by molar-refractivity contribution is 6.18. The first kappa shape index (κ1) is 19.3. The van der Waals surface area contributed by atoms with Gasteiger partial charge in [-0.1, -0.05) is 24.3 Å². The van der Waals surface area contributed by atoms with Crippen molar-refractivity contribution >= 4 is 17.3 Å². The first-order valence-corrected chi connectivity index (χ1v) is 9.62. The maximum Gasteiger partial charge on any atom is 0.173 e. The third-order valence-electron chi connectivity index (χ3n) is 5.87. The highest BCUT2D eigenvalue weighted by Gasteiger charge is 2.51. The molecule has 0 aliphatic heterocycles. The molecule has 2 aliphatic rings. The lowest BCUT2D eigenvalue weighted by Crippen LogP contribution is -2.49. The van der Waals surface area contributed by atoms with E-state index in [4.69, 9.17) is 9.47 Å². The molecule has 1 saturated carbocycles. The largest absolute Gasteiger partial charge is 0.507 e. The molecule has 0 bridgehead atoms. The van der Waals surface area contributed by atoms with E-state index in [9.17, 15) is 19.5 Å². The summed E-state index contributed by atoms with van der Waals surface area (Å²) in [5.41, 5.74) is 1.10. The van der Waals surface area contributed by atoms with E-state index in [2.05, 4.69) is 0 Å². The van der Waals surface area contributed by atoms with Gasteiger partial charge in [0, 0.05) is 24.3 Å². The van der Waals surface area contributed by atoms with E-state index in [0.29, 0.717) is 5.75 Å². The number of fused-ring (bicyclic) bond motifs is 2. The molecular formula is C23H22O6. The standard InChI is InChI=1S/C23H22O6/c1-12(13-6-8-15(28-2)9-7-13)29-19-11-14(24)10-17-21(19)23(27)20-16(22(17)26)4-3-5-18(20)25/h3-9,12,17,19,21,25H,10-11H2,1-2H3/t12-,17+,19-,21-/m0/s1. The first-order chi connectivity index (χ1) is 13.9. The predicted octanol–water partition coefficient (Wildman–Crippen LogP) is 3.52. The van der Waals surface area contributed by atoms with Crippen molar-refractivity contribution in [3.8, 4) is 11.5 Å². The second-order valence-electron chi connectivity index (χ2n) is 7.60. The summed E-state index contributed by atoms with van der Waals surface area (Å²) in [6.07, 6.45) is -1.00. The molecule has 0 aromatic heterocycles. The highest BCUT2D eigenvalue weighted by Crippen LogP contribution is 2.43. The normalized spacial score (nSPS) is 24.6. The molecule has 6 nitrogen and oxygen atoms in total. The van der Waals surface area contributed by atoms with Gasteiger partial charge in [0.1, 0.15) is 17.3 Å². The summed E-state index contributed by atoms with van der Waals surface area (Å²) in [5, 5.41) is 10.2. The Balaban J connectivity index is 1.65. The number of Topliss-reactive ketones (excluding diaryl/α,β-unsaturated/α-hetero) is 3. The topological polar surface area (TPSA) is 89.9 Å². The zero-order chi connectivity index (χ0) is 20.7. The van der Waals surface area contributed by atoms with Gasteiger partial charge in [0.25, 0.3) is 0 Å². The highest BCUT2D eigenvalue weighted by atomic mass is 16.5. The molecule has 6 heteroatoms. The number of methoxy groups -OCH3 is 1. The number of phenolic OH excluding ortho intramolecular Hbond substituents is 1. The molecule has 2 aromatic carbocycles. The van der Waals surface area contributed by atoms with Crippen molar-refractivity contribution in [3.05, 3.63) is 59.2 Å². The van der Waals surface area contributed by atoms with Crippen LogP contribution in [0.2, 0.25) is 0 Å². The number of carbonyl (C=O) groups is 3. The van der Waals surface area contributed by atoms with Crippen LogP contribution in [0.15, 0.2) is 42.5 Å². The molecule has 1 N–H and O–H groups in total. The molecule has 0 unspecified atom stereocenters. The monoisotopic (exact) mass is 394 g/mol. The van der Waals surface area contributed by atoms with Crippen molar-refractivity contribution < 1.29 is 29.0 Å². The summed E-state index contributed by atoms with van der Waals surface area (Å²) in [7, 11) is 1.58. The second kappa shape index (κ2) is 7.44. The smallest absolute Gasteiger partial charge is 0.173 e. The number of aromatic hydroxyl groups is 1. The Kier molecular flexibility index (Phi) is 4.96. The maximum absolute atomic E-state index is 13.2. The Hall–Kier alpha value is -2.99. The van der Waals surface area contributed by atoms with Crippen LogP contribution in [0.25, 0.3) is 0 Å². The average Bonchev–Trinajstić information content (AvgIpc) is 2.71. The zero-order valence-corrected chi connectivity index (χ0v) is 16.3. The molecular weight excluding hydrogens is 372 g/mol. The minimum Gasteiger partial charge on any atom is -0.507 e. The molecule has 0 spiro atoms. The van der Waals surface area contributed by atoms with Crippen LogP contribution in [-0.2, 0) is 9.53 Å². The lowest BCUT2D eigenvalue weighted by molar-refractivity contribution is -0.131. The van der Waals surface area contributed by atoms with Gasteiger partial charge in [-0.15, -0.1) is 0 Å². The minimum absolute atomic E-state index is 0.0289. The van der Waals surface area contributed by atoms with E-state index >= 15 is 0 Å². The van der Waals surface area contributed by atoms with Gasteiger partial charge in [-0.05, 0) is 30.7 Å². The molecule has 4 rings (SSSR count). The zero-order valence-electron chi connectivity index (χ0n) is 16.3. The van der Waals surface area contributed by atoms with Gasteiger partial charge >= 0.3 is 0 Å². The summed E-state index contributed by atoms with van der Waals surface area (Å²) in [6, 6.07) is 11.8.